The Morgan fingerprint density at radius 2 is 1.62 bits per heavy atom. The molecule has 0 bridgehead atoms. The molecule has 1 saturated heterocycles. The lowest BCUT2D eigenvalue weighted by molar-refractivity contribution is -0.146. The van der Waals surface area contributed by atoms with E-state index in [1.807, 2.05) is 24.3 Å². The summed E-state index contributed by atoms with van der Waals surface area (Å²) in [4.78, 5) is 84.6. The molecule has 284 valence electrons. The van der Waals surface area contributed by atoms with Crippen molar-refractivity contribution in [3.8, 4) is 0 Å². The van der Waals surface area contributed by atoms with Gasteiger partial charge in [0.1, 0.15) is 35.9 Å². The van der Waals surface area contributed by atoms with E-state index in [2.05, 4.69) is 26.3 Å². The van der Waals surface area contributed by atoms with Crippen molar-refractivity contribution in [1.29, 1.82) is 0 Å². The molecule has 4 atom stereocenters. The van der Waals surface area contributed by atoms with E-state index < -0.39 is 65.5 Å². The first-order valence-corrected chi connectivity index (χ1v) is 18.5. The van der Waals surface area contributed by atoms with Crippen molar-refractivity contribution in [2.45, 2.75) is 94.4 Å². The average molecular weight is 753 g/mol. The number of hydrogen-bond donors (Lipinski definition) is 5. The second-order valence-corrected chi connectivity index (χ2v) is 13.8. The predicted molar refractivity (Wildman–Crippen MR) is 195 cm³/mol. The van der Waals surface area contributed by atoms with Crippen molar-refractivity contribution in [2.24, 2.45) is 0 Å². The molecule has 53 heavy (non-hydrogen) atoms. The number of nitrogens with one attached hydrogen (secondary N) is 5. The van der Waals surface area contributed by atoms with Crippen molar-refractivity contribution in [1.82, 2.24) is 31.2 Å². The number of hydrogen-bond acceptors (Lipinski definition) is 7. The molecule has 0 spiro atoms. The molecule has 2 aromatic carbocycles. The highest BCUT2D eigenvalue weighted by molar-refractivity contribution is 6.27. The van der Waals surface area contributed by atoms with Crippen LogP contribution in [0.1, 0.15) is 62.5 Å². The van der Waals surface area contributed by atoms with Crippen LogP contribution in [0.25, 0.3) is 10.9 Å². The quantitative estimate of drug-likeness (QED) is 0.110. The van der Waals surface area contributed by atoms with Crippen LogP contribution in [0.15, 0.2) is 54.7 Å². The monoisotopic (exact) mass is 752 g/mol. The van der Waals surface area contributed by atoms with Crippen molar-refractivity contribution < 1.29 is 37.9 Å². The summed E-state index contributed by atoms with van der Waals surface area (Å²) in [5.41, 5.74) is 2.22. The lowest BCUT2D eigenvalue weighted by Crippen LogP contribution is -2.61. The lowest BCUT2D eigenvalue weighted by Gasteiger charge is -2.37. The summed E-state index contributed by atoms with van der Waals surface area (Å²) < 4.78 is 18.4. The van der Waals surface area contributed by atoms with Gasteiger partial charge in [-0.25, -0.2) is 4.39 Å². The molecule has 5 amide bonds. The number of likely N-dealkylation sites (tertiary alicyclic amines) is 1. The van der Waals surface area contributed by atoms with Crippen molar-refractivity contribution >= 4 is 58.0 Å². The van der Waals surface area contributed by atoms with E-state index in [0.29, 0.717) is 24.8 Å². The van der Waals surface area contributed by atoms with E-state index in [1.54, 1.807) is 18.3 Å². The van der Waals surface area contributed by atoms with Gasteiger partial charge in [0.05, 0.1) is 7.11 Å². The summed E-state index contributed by atoms with van der Waals surface area (Å²) in [6.45, 7) is 0.211. The Morgan fingerprint density at radius 1 is 0.887 bits per heavy atom. The number of amides is 5. The summed E-state index contributed by atoms with van der Waals surface area (Å²) in [6, 6.07) is 8.89. The number of carbonyl (C=O) groups excluding carboxylic acids is 6. The lowest BCUT2D eigenvalue weighted by atomic mass is 9.92. The summed E-state index contributed by atoms with van der Waals surface area (Å²) in [7, 11) is 1.22. The maximum atomic E-state index is 14.2. The third-order valence-corrected chi connectivity index (χ3v) is 10.1. The number of nitrogens with zero attached hydrogens (tertiary/aromatic N) is 1. The molecule has 0 radical (unpaired) electrons. The molecule has 2 aliphatic rings. The molecule has 3 aromatic rings. The smallest absolute Gasteiger partial charge is 0.305 e. The number of alkyl halides is 1. The highest BCUT2D eigenvalue weighted by atomic mass is 35.5. The van der Waals surface area contributed by atoms with Gasteiger partial charge in [-0.1, -0.05) is 30.3 Å². The average Bonchev–Trinajstić information content (AvgIpc) is 3.56. The topological polar surface area (TPSA) is 179 Å². The third-order valence-electron chi connectivity index (χ3n) is 9.88. The number of rotatable bonds is 16. The Kier molecular flexibility index (Phi) is 13.8. The number of H-pyrrole nitrogens is 1. The standard InChI is InChI=1S/C38H46ClFN6O7/c1-53-34(48)17-16-29(43-33(47)21-39)38(52)46-18-5-4-11-32(46)37(51)45-31(20-24-22-41-28-10-3-2-9-27(24)28)36(50)44-30(35(49)42-26-7-6-8-26)19-23-12-14-25(40)15-13-23/h2-3,9-10,12-15,22,26,29-32,41H,4-8,11,16-21H2,1H3,(H,42,49)(H,43,47)(H,44,50)(H,45,51)/t29-,30-,31-,32-/m0/s1. The van der Waals surface area contributed by atoms with Crippen LogP contribution >= 0.6 is 11.6 Å². The number of fused-ring (bicyclic) bond motifs is 1. The van der Waals surface area contributed by atoms with Gasteiger partial charge in [0.15, 0.2) is 0 Å². The molecule has 1 aliphatic carbocycles. The number of para-hydroxylation sites is 1. The van der Waals surface area contributed by atoms with E-state index in [0.717, 1.165) is 35.7 Å². The van der Waals surface area contributed by atoms with Gasteiger partial charge >= 0.3 is 5.97 Å². The zero-order valence-electron chi connectivity index (χ0n) is 29.6. The van der Waals surface area contributed by atoms with Crippen LogP contribution in [0.3, 0.4) is 0 Å². The van der Waals surface area contributed by atoms with Gasteiger partial charge in [-0.3, -0.25) is 28.8 Å². The number of benzene rings is 2. The van der Waals surface area contributed by atoms with Crippen LogP contribution in [-0.2, 0) is 46.3 Å². The van der Waals surface area contributed by atoms with Crippen molar-refractivity contribution in [3.05, 3.63) is 71.7 Å². The minimum atomic E-state index is -1.17. The SMILES string of the molecule is COC(=O)CC[C@H](NC(=O)CCl)C(=O)N1CCCC[C@H]1C(=O)N[C@@H](Cc1c[nH]c2ccccc12)C(=O)N[C@@H](Cc1ccc(F)cc1)C(=O)NC1CCC1. The van der Waals surface area contributed by atoms with Crippen LogP contribution in [0.4, 0.5) is 4.39 Å². The fourth-order valence-corrected chi connectivity index (χ4v) is 6.79. The molecule has 1 aliphatic heterocycles. The zero-order valence-corrected chi connectivity index (χ0v) is 30.4. The Morgan fingerprint density at radius 3 is 2.32 bits per heavy atom. The molecule has 15 heteroatoms. The van der Waals surface area contributed by atoms with Gasteiger partial charge in [0.25, 0.3) is 0 Å². The van der Waals surface area contributed by atoms with E-state index in [4.69, 9.17) is 16.3 Å². The van der Waals surface area contributed by atoms with Crippen molar-refractivity contribution in [2.75, 3.05) is 19.5 Å². The summed E-state index contributed by atoms with van der Waals surface area (Å²) in [5.74, 6) is -4.15. The van der Waals surface area contributed by atoms with E-state index >= 15 is 0 Å². The Bertz CT molecular complexity index is 1780. The maximum absolute atomic E-state index is 14.2. The maximum Gasteiger partial charge on any atom is 0.305 e. The molecule has 13 nitrogen and oxygen atoms in total. The molecule has 2 fully saturated rings. The molecule has 5 rings (SSSR count). The van der Waals surface area contributed by atoms with Gasteiger partial charge in [-0.2, -0.15) is 0 Å². The second-order valence-electron chi connectivity index (χ2n) is 13.6. The van der Waals surface area contributed by atoms with Crippen LogP contribution in [0, 0.1) is 5.82 Å². The summed E-state index contributed by atoms with van der Waals surface area (Å²) in [6.07, 6.45) is 5.87. The summed E-state index contributed by atoms with van der Waals surface area (Å²) >= 11 is 5.71. The highest BCUT2D eigenvalue weighted by Crippen LogP contribution is 2.23. The number of aromatic amines is 1. The van der Waals surface area contributed by atoms with Crippen LogP contribution in [0.2, 0.25) is 0 Å². The van der Waals surface area contributed by atoms with E-state index in [9.17, 15) is 33.2 Å². The van der Waals surface area contributed by atoms with Gasteiger partial charge in [-0.05, 0) is 74.3 Å². The van der Waals surface area contributed by atoms with Crippen LogP contribution in [0.5, 0.6) is 0 Å². The molecule has 1 saturated carbocycles. The molecular weight excluding hydrogens is 707 g/mol. The number of ether oxygens (including phenoxy) is 1. The molecular formula is C38H46ClFN6O7. The fourth-order valence-electron chi connectivity index (χ4n) is 6.71. The number of piperidine rings is 1. The number of carbonyl (C=O) groups is 6. The van der Waals surface area contributed by atoms with Crippen LogP contribution in [-0.4, -0.2) is 95.1 Å². The highest BCUT2D eigenvalue weighted by Gasteiger charge is 2.38. The Labute approximate surface area is 312 Å². The van der Waals surface area contributed by atoms with Crippen molar-refractivity contribution in [3.63, 3.8) is 0 Å². The first-order valence-electron chi connectivity index (χ1n) is 18.0. The predicted octanol–water partition coefficient (Wildman–Crippen LogP) is 2.79. The molecule has 0 unspecified atom stereocenters. The second kappa shape index (κ2) is 18.7. The minimum absolute atomic E-state index is 0.00248. The third kappa shape index (κ3) is 10.6. The number of halogens is 2. The summed E-state index contributed by atoms with van der Waals surface area (Å²) in [5, 5.41) is 12.1. The number of aromatic nitrogens is 1. The number of methoxy groups -OCH3 is 1. The first kappa shape index (κ1) is 39.2. The largest absolute Gasteiger partial charge is 0.469 e. The molecule has 5 N–H and O–H groups in total. The molecule has 1 aromatic heterocycles. The van der Waals surface area contributed by atoms with Gasteiger partial charge in [0.2, 0.25) is 29.5 Å². The number of esters is 1. The Hall–Kier alpha value is -4.98. The van der Waals surface area contributed by atoms with Gasteiger partial charge in [0, 0.05) is 48.9 Å². The minimum Gasteiger partial charge on any atom is -0.469 e. The normalized spacial score (nSPS) is 17.5. The van der Waals surface area contributed by atoms with E-state index in [1.165, 1.54) is 24.1 Å². The van der Waals surface area contributed by atoms with Gasteiger partial charge in [-0.15, -0.1) is 11.6 Å². The van der Waals surface area contributed by atoms with Crippen LogP contribution < -0.4 is 21.3 Å². The molecule has 2 heterocycles. The van der Waals surface area contributed by atoms with E-state index in [-0.39, 0.29) is 44.2 Å². The first-order chi connectivity index (χ1) is 25.6. The zero-order chi connectivity index (χ0) is 37.9. The van der Waals surface area contributed by atoms with Gasteiger partial charge < -0.3 is 35.9 Å². The fraction of sp³-hybridized carbons (Fsp3) is 0.474. The Balaban J connectivity index is 1.39.